The summed E-state index contributed by atoms with van der Waals surface area (Å²) in [7, 11) is 5.82. The van der Waals surface area contributed by atoms with E-state index in [0.717, 1.165) is 30.9 Å². The van der Waals surface area contributed by atoms with Crippen molar-refractivity contribution in [3.05, 3.63) is 95.1 Å². The lowest BCUT2D eigenvalue weighted by molar-refractivity contribution is 0.261. The summed E-state index contributed by atoms with van der Waals surface area (Å²) in [5, 5.41) is 0. The van der Waals surface area contributed by atoms with E-state index in [1.54, 1.807) is 7.11 Å². The molecule has 0 aromatic heterocycles. The van der Waals surface area contributed by atoms with Crippen LogP contribution < -0.4 is 9.47 Å². The first kappa shape index (κ1) is 20.2. The van der Waals surface area contributed by atoms with Crippen molar-refractivity contribution < 1.29 is 9.47 Å². The van der Waals surface area contributed by atoms with Crippen molar-refractivity contribution in [2.24, 2.45) is 0 Å². The van der Waals surface area contributed by atoms with Gasteiger partial charge in [-0.25, -0.2) is 0 Å². The Morgan fingerprint density at radius 2 is 1.43 bits per heavy atom. The Morgan fingerprint density at radius 3 is 2.13 bits per heavy atom. The fourth-order valence-corrected chi connectivity index (χ4v) is 4.00. The first-order valence-corrected chi connectivity index (χ1v) is 10.5. The molecule has 0 unspecified atom stereocenters. The van der Waals surface area contributed by atoms with Crippen molar-refractivity contribution >= 4 is 11.1 Å². The van der Waals surface area contributed by atoms with Crippen LogP contribution in [-0.2, 0) is 6.42 Å². The van der Waals surface area contributed by atoms with Gasteiger partial charge in [-0.05, 0) is 84.6 Å². The standard InChI is InChI=1S/C27H29NO2/c1-28(2)18-19-30-24-15-10-22(11-16-24)27-25-7-5-4-6-20(25)12-17-26(27)21-8-13-23(29-3)14-9-21/h4-11,13-16H,12,17-19H2,1-3H3. The molecule has 4 rings (SSSR count). The number of fused-ring (bicyclic) bond motifs is 1. The number of allylic oxidation sites excluding steroid dienone is 1. The Morgan fingerprint density at radius 1 is 0.767 bits per heavy atom. The molecule has 0 amide bonds. The Labute approximate surface area is 179 Å². The first-order chi connectivity index (χ1) is 14.7. The van der Waals surface area contributed by atoms with Gasteiger partial charge < -0.3 is 14.4 Å². The number of rotatable bonds is 7. The van der Waals surface area contributed by atoms with Gasteiger partial charge in [-0.15, -0.1) is 0 Å². The minimum Gasteiger partial charge on any atom is -0.497 e. The molecule has 0 aliphatic heterocycles. The summed E-state index contributed by atoms with van der Waals surface area (Å²) >= 11 is 0. The second-order valence-corrected chi connectivity index (χ2v) is 7.92. The molecular formula is C27H29NO2. The van der Waals surface area contributed by atoms with E-state index in [4.69, 9.17) is 9.47 Å². The molecule has 0 radical (unpaired) electrons. The van der Waals surface area contributed by atoms with Crippen LogP contribution in [0.5, 0.6) is 11.5 Å². The van der Waals surface area contributed by atoms with Crippen LogP contribution in [-0.4, -0.2) is 39.3 Å². The summed E-state index contributed by atoms with van der Waals surface area (Å²) in [6, 6.07) is 25.7. The smallest absolute Gasteiger partial charge is 0.119 e. The van der Waals surface area contributed by atoms with Gasteiger partial charge in [0.15, 0.2) is 0 Å². The SMILES string of the molecule is COc1ccc(C2=C(c3ccc(OCCN(C)C)cc3)c3ccccc3CC2)cc1. The highest BCUT2D eigenvalue weighted by Gasteiger charge is 2.21. The maximum atomic E-state index is 5.89. The van der Waals surface area contributed by atoms with Crippen molar-refractivity contribution in [1.29, 1.82) is 0 Å². The summed E-state index contributed by atoms with van der Waals surface area (Å²) in [6.45, 7) is 1.59. The predicted molar refractivity (Wildman–Crippen MR) is 124 cm³/mol. The van der Waals surface area contributed by atoms with E-state index in [-0.39, 0.29) is 0 Å². The van der Waals surface area contributed by atoms with Gasteiger partial charge in [-0.2, -0.15) is 0 Å². The Kier molecular flexibility index (Phi) is 6.20. The van der Waals surface area contributed by atoms with Gasteiger partial charge >= 0.3 is 0 Å². The molecule has 0 saturated carbocycles. The molecule has 154 valence electrons. The van der Waals surface area contributed by atoms with Crippen LogP contribution in [0.1, 0.15) is 28.7 Å². The van der Waals surface area contributed by atoms with Gasteiger partial charge in [-0.3, -0.25) is 0 Å². The quantitative estimate of drug-likeness (QED) is 0.521. The fraction of sp³-hybridized carbons (Fsp3) is 0.259. The van der Waals surface area contributed by atoms with Gasteiger partial charge in [0, 0.05) is 6.54 Å². The maximum absolute atomic E-state index is 5.89. The molecule has 1 aliphatic carbocycles. The highest BCUT2D eigenvalue weighted by atomic mass is 16.5. The van der Waals surface area contributed by atoms with E-state index in [2.05, 4.69) is 79.7 Å². The molecule has 3 nitrogen and oxygen atoms in total. The Bertz CT molecular complexity index is 1020. The highest BCUT2D eigenvalue weighted by molar-refractivity contribution is 6.00. The normalized spacial score (nSPS) is 13.3. The highest BCUT2D eigenvalue weighted by Crippen LogP contribution is 2.41. The van der Waals surface area contributed by atoms with Gasteiger partial charge in [0.05, 0.1) is 7.11 Å². The number of methoxy groups -OCH3 is 1. The average Bonchev–Trinajstić information content (AvgIpc) is 2.79. The van der Waals surface area contributed by atoms with Crippen molar-refractivity contribution in [1.82, 2.24) is 4.90 Å². The number of hydrogen-bond acceptors (Lipinski definition) is 3. The Hall–Kier alpha value is -3.04. The topological polar surface area (TPSA) is 21.7 Å². The zero-order chi connectivity index (χ0) is 20.9. The molecule has 0 N–H and O–H groups in total. The van der Waals surface area contributed by atoms with Crippen LogP contribution in [0.25, 0.3) is 11.1 Å². The molecule has 0 atom stereocenters. The fourth-order valence-electron chi connectivity index (χ4n) is 4.00. The van der Waals surface area contributed by atoms with Crippen LogP contribution in [0.2, 0.25) is 0 Å². The summed E-state index contributed by atoms with van der Waals surface area (Å²) in [5.41, 5.74) is 7.94. The summed E-state index contributed by atoms with van der Waals surface area (Å²) in [6.07, 6.45) is 2.09. The summed E-state index contributed by atoms with van der Waals surface area (Å²) in [4.78, 5) is 2.12. The van der Waals surface area contributed by atoms with Gasteiger partial charge in [-0.1, -0.05) is 48.5 Å². The Balaban J connectivity index is 1.72. The second-order valence-electron chi connectivity index (χ2n) is 7.92. The minimum atomic E-state index is 0.689. The lowest BCUT2D eigenvalue weighted by atomic mass is 9.80. The first-order valence-electron chi connectivity index (χ1n) is 10.5. The molecular weight excluding hydrogens is 370 g/mol. The number of benzene rings is 3. The summed E-state index contributed by atoms with van der Waals surface area (Å²) in [5.74, 6) is 1.80. The number of likely N-dealkylation sites (N-methyl/N-ethyl adjacent to an activating group) is 1. The van der Waals surface area contributed by atoms with Crippen molar-refractivity contribution in [2.45, 2.75) is 12.8 Å². The molecule has 3 aromatic rings. The maximum Gasteiger partial charge on any atom is 0.119 e. The van der Waals surface area contributed by atoms with E-state index in [9.17, 15) is 0 Å². The van der Waals surface area contributed by atoms with Crippen LogP contribution in [0.4, 0.5) is 0 Å². The molecule has 3 heteroatoms. The molecule has 0 fully saturated rings. The van der Waals surface area contributed by atoms with Gasteiger partial charge in [0.2, 0.25) is 0 Å². The predicted octanol–water partition coefficient (Wildman–Crippen LogP) is 5.54. The number of aryl methyl sites for hydroxylation is 1. The summed E-state index contributed by atoms with van der Waals surface area (Å²) < 4.78 is 11.2. The number of nitrogens with zero attached hydrogens (tertiary/aromatic N) is 1. The van der Waals surface area contributed by atoms with E-state index in [1.165, 1.54) is 33.4 Å². The van der Waals surface area contributed by atoms with Crippen LogP contribution in [0.3, 0.4) is 0 Å². The van der Waals surface area contributed by atoms with Gasteiger partial charge in [0.1, 0.15) is 18.1 Å². The largest absolute Gasteiger partial charge is 0.497 e. The monoisotopic (exact) mass is 399 g/mol. The second kappa shape index (κ2) is 9.19. The zero-order valence-corrected chi connectivity index (χ0v) is 18.0. The van der Waals surface area contributed by atoms with E-state index in [1.807, 2.05) is 12.1 Å². The third-order valence-corrected chi connectivity index (χ3v) is 5.62. The molecule has 0 spiro atoms. The lowest BCUT2D eigenvalue weighted by Crippen LogP contribution is -2.19. The average molecular weight is 400 g/mol. The van der Waals surface area contributed by atoms with E-state index in [0.29, 0.717) is 6.61 Å². The van der Waals surface area contributed by atoms with Gasteiger partial charge in [0.25, 0.3) is 0 Å². The van der Waals surface area contributed by atoms with Crippen molar-refractivity contribution in [3.63, 3.8) is 0 Å². The van der Waals surface area contributed by atoms with Crippen molar-refractivity contribution in [3.8, 4) is 11.5 Å². The van der Waals surface area contributed by atoms with E-state index >= 15 is 0 Å². The third kappa shape index (κ3) is 4.42. The molecule has 30 heavy (non-hydrogen) atoms. The molecule has 3 aromatic carbocycles. The minimum absolute atomic E-state index is 0.689. The zero-order valence-electron chi connectivity index (χ0n) is 18.0. The van der Waals surface area contributed by atoms with Crippen LogP contribution >= 0.6 is 0 Å². The third-order valence-electron chi connectivity index (χ3n) is 5.62. The van der Waals surface area contributed by atoms with Crippen LogP contribution in [0.15, 0.2) is 72.8 Å². The number of hydrogen-bond donors (Lipinski definition) is 0. The lowest BCUT2D eigenvalue weighted by Gasteiger charge is -2.25. The van der Waals surface area contributed by atoms with Crippen LogP contribution in [0, 0.1) is 0 Å². The molecule has 0 heterocycles. The number of ether oxygens (including phenoxy) is 2. The van der Waals surface area contributed by atoms with E-state index < -0.39 is 0 Å². The molecule has 1 aliphatic rings. The molecule has 0 saturated heterocycles. The molecule has 0 bridgehead atoms. The van der Waals surface area contributed by atoms with Crippen molar-refractivity contribution in [2.75, 3.05) is 34.4 Å².